The SMILES string of the molecule is C=CCNc1ccnc(C(=O)NC(C)CC)c1. The number of hydrogen-bond donors (Lipinski definition) is 2. The van der Waals surface area contributed by atoms with Crippen molar-refractivity contribution in [3.63, 3.8) is 0 Å². The smallest absolute Gasteiger partial charge is 0.270 e. The van der Waals surface area contributed by atoms with E-state index < -0.39 is 0 Å². The van der Waals surface area contributed by atoms with Gasteiger partial charge >= 0.3 is 0 Å². The summed E-state index contributed by atoms with van der Waals surface area (Å²) in [6.45, 7) is 8.29. The Labute approximate surface area is 102 Å². The van der Waals surface area contributed by atoms with Crippen LogP contribution in [0.25, 0.3) is 0 Å². The lowest BCUT2D eigenvalue weighted by Gasteiger charge is -2.11. The molecule has 4 nitrogen and oxygen atoms in total. The van der Waals surface area contributed by atoms with Crippen LogP contribution in [0.1, 0.15) is 30.8 Å². The van der Waals surface area contributed by atoms with Crippen molar-refractivity contribution in [1.82, 2.24) is 10.3 Å². The Morgan fingerprint density at radius 1 is 1.65 bits per heavy atom. The summed E-state index contributed by atoms with van der Waals surface area (Å²) in [5.74, 6) is -0.137. The fourth-order valence-corrected chi connectivity index (χ4v) is 1.25. The number of carbonyl (C=O) groups is 1. The second kappa shape index (κ2) is 6.68. The van der Waals surface area contributed by atoms with Crippen molar-refractivity contribution < 1.29 is 4.79 Å². The van der Waals surface area contributed by atoms with Crippen LogP contribution in [-0.2, 0) is 0 Å². The van der Waals surface area contributed by atoms with Crippen LogP contribution >= 0.6 is 0 Å². The largest absolute Gasteiger partial charge is 0.381 e. The monoisotopic (exact) mass is 233 g/mol. The highest BCUT2D eigenvalue weighted by atomic mass is 16.1. The molecule has 17 heavy (non-hydrogen) atoms. The second-order valence-corrected chi connectivity index (χ2v) is 3.88. The zero-order valence-corrected chi connectivity index (χ0v) is 10.4. The molecular weight excluding hydrogens is 214 g/mol. The Kier molecular flexibility index (Phi) is 5.20. The van der Waals surface area contributed by atoms with Gasteiger partial charge in [-0.15, -0.1) is 6.58 Å². The molecule has 4 heteroatoms. The molecule has 0 saturated carbocycles. The topological polar surface area (TPSA) is 54.0 Å². The molecule has 1 amide bonds. The molecule has 1 atom stereocenters. The van der Waals surface area contributed by atoms with Crippen molar-refractivity contribution in [1.29, 1.82) is 0 Å². The maximum Gasteiger partial charge on any atom is 0.270 e. The first-order valence-electron chi connectivity index (χ1n) is 5.79. The van der Waals surface area contributed by atoms with Gasteiger partial charge < -0.3 is 10.6 Å². The van der Waals surface area contributed by atoms with E-state index in [1.54, 1.807) is 18.3 Å². The summed E-state index contributed by atoms with van der Waals surface area (Å²) in [4.78, 5) is 15.9. The standard InChI is InChI=1S/C13H19N3O/c1-4-7-14-11-6-8-15-12(9-11)13(17)16-10(3)5-2/h4,6,8-10H,1,5,7H2,2-3H3,(H,14,15)(H,16,17). The summed E-state index contributed by atoms with van der Waals surface area (Å²) in [5, 5.41) is 6.00. The van der Waals surface area contributed by atoms with Crippen LogP contribution in [0.4, 0.5) is 5.69 Å². The lowest BCUT2D eigenvalue weighted by Crippen LogP contribution is -2.32. The third-order valence-electron chi connectivity index (χ3n) is 2.43. The van der Waals surface area contributed by atoms with Gasteiger partial charge in [-0.2, -0.15) is 0 Å². The maximum atomic E-state index is 11.8. The van der Waals surface area contributed by atoms with E-state index in [1.165, 1.54) is 0 Å². The van der Waals surface area contributed by atoms with Crippen LogP contribution in [0.2, 0.25) is 0 Å². The molecular formula is C13H19N3O. The number of aromatic nitrogens is 1. The lowest BCUT2D eigenvalue weighted by molar-refractivity contribution is 0.0934. The first-order chi connectivity index (χ1) is 8.17. The number of nitrogens with one attached hydrogen (secondary N) is 2. The van der Waals surface area contributed by atoms with Crippen molar-refractivity contribution in [2.75, 3.05) is 11.9 Å². The van der Waals surface area contributed by atoms with Gasteiger partial charge in [-0.1, -0.05) is 13.0 Å². The van der Waals surface area contributed by atoms with Gasteiger partial charge in [0, 0.05) is 24.5 Å². The Bertz CT molecular complexity index is 390. The molecule has 0 radical (unpaired) electrons. The molecule has 1 rings (SSSR count). The van der Waals surface area contributed by atoms with Crippen molar-refractivity contribution in [2.45, 2.75) is 26.3 Å². The van der Waals surface area contributed by atoms with Gasteiger partial charge in [-0.05, 0) is 25.5 Å². The Morgan fingerprint density at radius 3 is 3.06 bits per heavy atom. The number of rotatable bonds is 6. The summed E-state index contributed by atoms with van der Waals surface area (Å²) in [7, 11) is 0. The highest BCUT2D eigenvalue weighted by Gasteiger charge is 2.09. The highest BCUT2D eigenvalue weighted by Crippen LogP contribution is 2.08. The maximum absolute atomic E-state index is 11.8. The first kappa shape index (κ1) is 13.2. The molecule has 0 aromatic carbocycles. The van der Waals surface area contributed by atoms with Crippen LogP contribution in [-0.4, -0.2) is 23.5 Å². The zero-order valence-electron chi connectivity index (χ0n) is 10.4. The van der Waals surface area contributed by atoms with Crippen LogP contribution < -0.4 is 10.6 Å². The fourth-order valence-electron chi connectivity index (χ4n) is 1.25. The molecule has 0 aliphatic carbocycles. The molecule has 2 N–H and O–H groups in total. The van der Waals surface area contributed by atoms with E-state index in [0.29, 0.717) is 12.2 Å². The van der Waals surface area contributed by atoms with Crippen LogP contribution in [0.5, 0.6) is 0 Å². The Balaban J connectivity index is 2.69. The molecule has 0 spiro atoms. The lowest BCUT2D eigenvalue weighted by atomic mass is 10.2. The molecule has 92 valence electrons. The van der Waals surface area contributed by atoms with Gasteiger partial charge in [-0.3, -0.25) is 9.78 Å². The number of pyridine rings is 1. The average molecular weight is 233 g/mol. The van der Waals surface area contributed by atoms with Gasteiger partial charge in [0.15, 0.2) is 0 Å². The predicted octanol–water partition coefficient (Wildman–Crippen LogP) is 2.21. The number of amides is 1. The Hall–Kier alpha value is -1.84. The van der Waals surface area contributed by atoms with E-state index in [4.69, 9.17) is 0 Å². The van der Waals surface area contributed by atoms with E-state index in [-0.39, 0.29) is 11.9 Å². The van der Waals surface area contributed by atoms with E-state index in [2.05, 4.69) is 22.2 Å². The van der Waals surface area contributed by atoms with Crippen molar-refractivity contribution in [3.05, 3.63) is 36.7 Å². The van der Waals surface area contributed by atoms with E-state index >= 15 is 0 Å². The molecule has 1 aromatic rings. The Morgan fingerprint density at radius 2 is 2.41 bits per heavy atom. The minimum Gasteiger partial charge on any atom is -0.381 e. The summed E-state index contributed by atoms with van der Waals surface area (Å²) in [5.41, 5.74) is 1.30. The second-order valence-electron chi connectivity index (χ2n) is 3.88. The third-order valence-corrected chi connectivity index (χ3v) is 2.43. The molecule has 0 saturated heterocycles. The van der Waals surface area contributed by atoms with E-state index in [1.807, 2.05) is 19.9 Å². The minimum absolute atomic E-state index is 0.137. The van der Waals surface area contributed by atoms with Crippen molar-refractivity contribution in [3.8, 4) is 0 Å². The summed E-state index contributed by atoms with van der Waals surface area (Å²) < 4.78 is 0. The minimum atomic E-state index is -0.137. The van der Waals surface area contributed by atoms with Gasteiger partial charge in [0.05, 0.1) is 0 Å². The molecule has 1 unspecified atom stereocenters. The van der Waals surface area contributed by atoms with Crippen LogP contribution in [0, 0.1) is 0 Å². The number of nitrogens with zero attached hydrogens (tertiary/aromatic N) is 1. The molecule has 0 aliphatic rings. The van der Waals surface area contributed by atoms with Crippen LogP contribution in [0.3, 0.4) is 0 Å². The van der Waals surface area contributed by atoms with Gasteiger partial charge in [0.1, 0.15) is 5.69 Å². The molecule has 0 fully saturated rings. The van der Waals surface area contributed by atoms with E-state index in [9.17, 15) is 4.79 Å². The van der Waals surface area contributed by atoms with E-state index in [0.717, 1.165) is 12.1 Å². The molecule has 1 heterocycles. The van der Waals surface area contributed by atoms with Gasteiger partial charge in [0.2, 0.25) is 0 Å². The highest BCUT2D eigenvalue weighted by molar-refractivity contribution is 5.93. The number of hydrogen-bond acceptors (Lipinski definition) is 3. The fraction of sp³-hybridized carbons (Fsp3) is 0.385. The molecule has 0 bridgehead atoms. The first-order valence-corrected chi connectivity index (χ1v) is 5.79. The zero-order chi connectivity index (χ0) is 12.7. The summed E-state index contributed by atoms with van der Waals surface area (Å²) >= 11 is 0. The van der Waals surface area contributed by atoms with Crippen molar-refractivity contribution in [2.24, 2.45) is 0 Å². The van der Waals surface area contributed by atoms with Gasteiger partial charge in [0.25, 0.3) is 5.91 Å². The number of anilines is 1. The number of carbonyl (C=O) groups excluding carboxylic acids is 1. The predicted molar refractivity (Wildman–Crippen MR) is 70.1 cm³/mol. The normalized spacial score (nSPS) is 11.6. The quantitative estimate of drug-likeness (QED) is 0.741. The third kappa shape index (κ3) is 4.26. The summed E-state index contributed by atoms with van der Waals surface area (Å²) in [6, 6.07) is 3.72. The van der Waals surface area contributed by atoms with Crippen molar-refractivity contribution >= 4 is 11.6 Å². The average Bonchev–Trinajstić information content (AvgIpc) is 2.36. The molecule has 1 aromatic heterocycles. The van der Waals surface area contributed by atoms with Gasteiger partial charge in [-0.25, -0.2) is 0 Å². The van der Waals surface area contributed by atoms with Crippen LogP contribution in [0.15, 0.2) is 31.0 Å². The summed E-state index contributed by atoms with van der Waals surface area (Å²) in [6.07, 6.45) is 4.29. The molecule has 0 aliphatic heterocycles.